The predicted octanol–water partition coefficient (Wildman–Crippen LogP) is 2.38. The van der Waals surface area contributed by atoms with Crippen LogP contribution in [0.3, 0.4) is 0 Å². The number of aryl methyl sites for hydroxylation is 1. The minimum atomic E-state index is -0.0272. The van der Waals surface area contributed by atoms with E-state index in [1.807, 2.05) is 13.0 Å². The van der Waals surface area contributed by atoms with Gasteiger partial charge in [0.15, 0.2) is 0 Å². The Balaban J connectivity index is 1.92. The molecule has 0 aliphatic carbocycles. The lowest BCUT2D eigenvalue weighted by molar-refractivity contribution is 0.0944. The van der Waals surface area contributed by atoms with E-state index in [0.29, 0.717) is 16.5 Å². The summed E-state index contributed by atoms with van der Waals surface area (Å²) in [6, 6.07) is 5.41. The minimum Gasteiger partial charge on any atom is -0.352 e. The third-order valence-corrected chi connectivity index (χ3v) is 3.63. The number of carbonyl (C=O) groups excluding carboxylic acids is 1. The number of carbonyl (C=O) groups is 1. The van der Waals surface area contributed by atoms with E-state index in [1.165, 1.54) is 12.8 Å². The van der Waals surface area contributed by atoms with Gasteiger partial charge in [0.05, 0.1) is 0 Å². The molecule has 2 rings (SSSR count). The van der Waals surface area contributed by atoms with Crippen molar-refractivity contribution >= 4 is 17.5 Å². The largest absolute Gasteiger partial charge is 0.352 e. The molecule has 18 heavy (non-hydrogen) atoms. The Bertz CT molecular complexity index is 428. The number of halogens is 1. The summed E-state index contributed by atoms with van der Waals surface area (Å²) in [6.45, 7) is 4.75. The second kappa shape index (κ2) is 6.21. The van der Waals surface area contributed by atoms with Crippen LogP contribution >= 0.6 is 11.6 Å². The first kappa shape index (κ1) is 13.4. The average Bonchev–Trinajstić information content (AvgIpc) is 2.40. The number of nitrogens with one attached hydrogen (secondary N) is 2. The molecular weight excluding hydrogens is 248 g/mol. The Labute approximate surface area is 113 Å². The lowest BCUT2D eigenvalue weighted by atomic mass is 9.99. The van der Waals surface area contributed by atoms with Crippen LogP contribution in [0.4, 0.5) is 0 Å². The van der Waals surface area contributed by atoms with E-state index < -0.39 is 0 Å². The number of rotatable bonds is 3. The van der Waals surface area contributed by atoms with Crippen molar-refractivity contribution < 1.29 is 4.79 Å². The molecule has 1 aromatic rings. The standard InChI is InChI=1S/C14H19ClN2O/c1-10-4-5-12(15)7-13(10)14(18)17-9-11-3-2-6-16-8-11/h4-5,7,11,16H,2-3,6,8-9H2,1H3,(H,17,18). The molecule has 1 saturated heterocycles. The zero-order chi connectivity index (χ0) is 13.0. The van der Waals surface area contributed by atoms with Crippen LogP contribution in [0.5, 0.6) is 0 Å². The zero-order valence-corrected chi connectivity index (χ0v) is 11.4. The number of piperidine rings is 1. The lowest BCUT2D eigenvalue weighted by Crippen LogP contribution is -2.38. The van der Waals surface area contributed by atoms with Gasteiger partial charge in [0.2, 0.25) is 0 Å². The van der Waals surface area contributed by atoms with Gasteiger partial charge in [0.1, 0.15) is 0 Å². The first-order chi connectivity index (χ1) is 8.66. The maximum atomic E-state index is 12.1. The topological polar surface area (TPSA) is 41.1 Å². The van der Waals surface area contributed by atoms with Crippen molar-refractivity contribution in [3.63, 3.8) is 0 Å². The van der Waals surface area contributed by atoms with Crippen molar-refractivity contribution in [3.8, 4) is 0 Å². The van der Waals surface area contributed by atoms with Gasteiger partial charge in [0, 0.05) is 17.1 Å². The van der Waals surface area contributed by atoms with Gasteiger partial charge in [-0.25, -0.2) is 0 Å². The molecule has 1 aliphatic heterocycles. The summed E-state index contributed by atoms with van der Waals surface area (Å²) in [5, 5.41) is 6.95. The molecule has 0 spiro atoms. The molecule has 1 atom stereocenters. The van der Waals surface area contributed by atoms with E-state index in [-0.39, 0.29) is 5.91 Å². The minimum absolute atomic E-state index is 0.0272. The van der Waals surface area contributed by atoms with E-state index in [1.54, 1.807) is 12.1 Å². The Morgan fingerprint density at radius 2 is 2.39 bits per heavy atom. The predicted molar refractivity (Wildman–Crippen MR) is 74.1 cm³/mol. The number of hydrogen-bond acceptors (Lipinski definition) is 2. The van der Waals surface area contributed by atoms with Crippen molar-refractivity contribution in [1.82, 2.24) is 10.6 Å². The highest BCUT2D eigenvalue weighted by Crippen LogP contribution is 2.15. The van der Waals surface area contributed by atoms with Gasteiger partial charge in [-0.3, -0.25) is 4.79 Å². The molecule has 1 unspecified atom stereocenters. The third kappa shape index (κ3) is 3.47. The molecule has 1 amide bonds. The van der Waals surface area contributed by atoms with Crippen LogP contribution in [0, 0.1) is 12.8 Å². The van der Waals surface area contributed by atoms with Gasteiger partial charge < -0.3 is 10.6 Å². The van der Waals surface area contributed by atoms with Gasteiger partial charge >= 0.3 is 0 Å². The SMILES string of the molecule is Cc1ccc(Cl)cc1C(=O)NCC1CCCNC1. The summed E-state index contributed by atoms with van der Waals surface area (Å²) in [5.41, 5.74) is 1.63. The summed E-state index contributed by atoms with van der Waals surface area (Å²) in [4.78, 5) is 12.1. The molecule has 2 N–H and O–H groups in total. The lowest BCUT2D eigenvalue weighted by Gasteiger charge is -2.23. The summed E-state index contributed by atoms with van der Waals surface area (Å²) < 4.78 is 0. The van der Waals surface area contributed by atoms with E-state index in [4.69, 9.17) is 11.6 Å². The van der Waals surface area contributed by atoms with Gasteiger partial charge in [-0.2, -0.15) is 0 Å². The Kier molecular flexibility index (Phi) is 4.61. The normalized spacial score (nSPS) is 19.6. The van der Waals surface area contributed by atoms with Crippen LogP contribution in [0.1, 0.15) is 28.8 Å². The number of benzene rings is 1. The van der Waals surface area contributed by atoms with Crippen molar-refractivity contribution in [2.75, 3.05) is 19.6 Å². The second-order valence-electron chi connectivity index (χ2n) is 4.88. The van der Waals surface area contributed by atoms with Gasteiger partial charge in [0.25, 0.3) is 5.91 Å². The maximum absolute atomic E-state index is 12.1. The van der Waals surface area contributed by atoms with E-state index in [0.717, 1.165) is 25.2 Å². The number of amides is 1. The van der Waals surface area contributed by atoms with E-state index in [9.17, 15) is 4.79 Å². The summed E-state index contributed by atoms with van der Waals surface area (Å²) >= 11 is 5.92. The summed E-state index contributed by atoms with van der Waals surface area (Å²) in [7, 11) is 0. The second-order valence-corrected chi connectivity index (χ2v) is 5.32. The Morgan fingerprint density at radius 3 is 3.11 bits per heavy atom. The molecule has 0 saturated carbocycles. The van der Waals surface area contributed by atoms with Crippen molar-refractivity contribution in [2.45, 2.75) is 19.8 Å². The molecule has 1 heterocycles. The van der Waals surface area contributed by atoms with Gasteiger partial charge in [-0.05, 0) is 56.5 Å². The molecule has 3 nitrogen and oxygen atoms in total. The molecule has 1 fully saturated rings. The van der Waals surface area contributed by atoms with Crippen LogP contribution in [-0.4, -0.2) is 25.5 Å². The van der Waals surface area contributed by atoms with Crippen LogP contribution in [0.15, 0.2) is 18.2 Å². The van der Waals surface area contributed by atoms with Crippen molar-refractivity contribution in [2.24, 2.45) is 5.92 Å². The molecule has 0 radical (unpaired) electrons. The first-order valence-corrected chi connectivity index (χ1v) is 6.79. The highest BCUT2D eigenvalue weighted by atomic mass is 35.5. The smallest absolute Gasteiger partial charge is 0.251 e. The fourth-order valence-electron chi connectivity index (χ4n) is 2.27. The highest BCUT2D eigenvalue weighted by molar-refractivity contribution is 6.31. The average molecular weight is 267 g/mol. The highest BCUT2D eigenvalue weighted by Gasteiger charge is 2.15. The summed E-state index contributed by atoms with van der Waals surface area (Å²) in [6.07, 6.45) is 2.37. The van der Waals surface area contributed by atoms with Crippen LogP contribution < -0.4 is 10.6 Å². The van der Waals surface area contributed by atoms with Crippen molar-refractivity contribution in [1.29, 1.82) is 0 Å². The molecule has 98 valence electrons. The van der Waals surface area contributed by atoms with Crippen LogP contribution in [0.2, 0.25) is 5.02 Å². The molecule has 1 aromatic carbocycles. The molecule has 0 aromatic heterocycles. The van der Waals surface area contributed by atoms with E-state index >= 15 is 0 Å². The van der Waals surface area contributed by atoms with Crippen LogP contribution in [0.25, 0.3) is 0 Å². The Morgan fingerprint density at radius 1 is 1.56 bits per heavy atom. The van der Waals surface area contributed by atoms with Crippen LogP contribution in [-0.2, 0) is 0 Å². The zero-order valence-electron chi connectivity index (χ0n) is 10.6. The van der Waals surface area contributed by atoms with E-state index in [2.05, 4.69) is 10.6 Å². The van der Waals surface area contributed by atoms with Gasteiger partial charge in [-0.1, -0.05) is 17.7 Å². The first-order valence-electron chi connectivity index (χ1n) is 6.42. The van der Waals surface area contributed by atoms with Crippen molar-refractivity contribution in [3.05, 3.63) is 34.3 Å². The molecule has 1 aliphatic rings. The monoisotopic (exact) mass is 266 g/mol. The van der Waals surface area contributed by atoms with Gasteiger partial charge in [-0.15, -0.1) is 0 Å². The quantitative estimate of drug-likeness (QED) is 0.882. The fraction of sp³-hybridized carbons (Fsp3) is 0.500. The maximum Gasteiger partial charge on any atom is 0.251 e. The number of hydrogen-bond donors (Lipinski definition) is 2. The fourth-order valence-corrected chi connectivity index (χ4v) is 2.44. The molecular formula is C14H19ClN2O. The third-order valence-electron chi connectivity index (χ3n) is 3.39. The summed E-state index contributed by atoms with van der Waals surface area (Å²) in [5.74, 6) is 0.516. The molecule has 0 bridgehead atoms. The molecule has 4 heteroatoms. The Hall–Kier alpha value is -1.06.